The number of thioether (sulfide) groups is 1. The van der Waals surface area contributed by atoms with E-state index in [1.54, 1.807) is 13.2 Å². The number of para-hydroxylation sites is 3. The van der Waals surface area contributed by atoms with Gasteiger partial charge in [-0.05, 0) is 31.2 Å². The van der Waals surface area contributed by atoms with Gasteiger partial charge >= 0.3 is 0 Å². The van der Waals surface area contributed by atoms with Crippen LogP contribution in [0.4, 0.5) is 5.69 Å². The maximum Gasteiger partial charge on any atom is 0.234 e. The molecule has 0 spiro atoms. The molecule has 2 aromatic carbocycles. The van der Waals surface area contributed by atoms with Crippen molar-refractivity contribution in [1.82, 2.24) is 14.9 Å². The highest BCUT2D eigenvalue weighted by atomic mass is 32.2. The molecule has 0 aliphatic heterocycles. The minimum absolute atomic E-state index is 0.127. The van der Waals surface area contributed by atoms with E-state index in [0.717, 1.165) is 5.56 Å². The third-order valence-corrected chi connectivity index (χ3v) is 4.75. The van der Waals surface area contributed by atoms with E-state index < -0.39 is 0 Å². The van der Waals surface area contributed by atoms with E-state index in [1.807, 2.05) is 49.4 Å². The van der Waals surface area contributed by atoms with Crippen molar-refractivity contribution in [2.75, 3.05) is 30.6 Å². The molecule has 1 amide bonds. The third-order valence-electron chi connectivity index (χ3n) is 3.81. The number of rotatable bonds is 8. The molecule has 0 saturated heterocycles. The van der Waals surface area contributed by atoms with Gasteiger partial charge < -0.3 is 20.6 Å². The van der Waals surface area contributed by atoms with Crippen molar-refractivity contribution >= 4 is 23.4 Å². The molecule has 146 valence electrons. The number of anilines is 1. The number of nitrogens with zero attached hydrogens (tertiary/aromatic N) is 3. The molecular formula is C19H21N5O3S. The Morgan fingerprint density at radius 3 is 2.61 bits per heavy atom. The zero-order valence-corrected chi connectivity index (χ0v) is 16.4. The van der Waals surface area contributed by atoms with Gasteiger partial charge in [0.05, 0.1) is 30.7 Å². The van der Waals surface area contributed by atoms with Crippen molar-refractivity contribution in [2.24, 2.45) is 0 Å². The predicted octanol–water partition coefficient (Wildman–Crippen LogP) is 2.80. The van der Waals surface area contributed by atoms with Crippen LogP contribution in [0, 0.1) is 0 Å². The second-order valence-electron chi connectivity index (χ2n) is 5.64. The summed E-state index contributed by atoms with van der Waals surface area (Å²) in [5.74, 6) is 7.79. The Morgan fingerprint density at radius 1 is 1.14 bits per heavy atom. The average molecular weight is 399 g/mol. The smallest absolute Gasteiger partial charge is 0.234 e. The van der Waals surface area contributed by atoms with E-state index in [-0.39, 0.29) is 11.7 Å². The summed E-state index contributed by atoms with van der Waals surface area (Å²) in [6, 6.07) is 14.7. The highest BCUT2D eigenvalue weighted by Gasteiger charge is 2.17. The Balaban J connectivity index is 1.67. The molecule has 9 heteroatoms. The molecule has 0 fully saturated rings. The van der Waals surface area contributed by atoms with Crippen molar-refractivity contribution in [3.05, 3.63) is 48.5 Å². The quantitative estimate of drug-likeness (QED) is 0.443. The van der Waals surface area contributed by atoms with Gasteiger partial charge in [0.2, 0.25) is 11.1 Å². The van der Waals surface area contributed by atoms with Crippen LogP contribution < -0.4 is 20.6 Å². The Labute approximate surface area is 167 Å². The van der Waals surface area contributed by atoms with E-state index >= 15 is 0 Å². The summed E-state index contributed by atoms with van der Waals surface area (Å²) in [6.07, 6.45) is 0. The molecule has 0 aliphatic carbocycles. The van der Waals surface area contributed by atoms with Crippen LogP contribution in [-0.4, -0.2) is 40.3 Å². The van der Waals surface area contributed by atoms with Crippen molar-refractivity contribution < 1.29 is 14.3 Å². The molecule has 0 atom stereocenters. The molecule has 0 radical (unpaired) electrons. The Hall–Kier alpha value is -3.20. The minimum Gasteiger partial charge on any atom is -0.496 e. The van der Waals surface area contributed by atoms with Crippen molar-refractivity contribution in [2.45, 2.75) is 12.1 Å². The second-order valence-corrected chi connectivity index (χ2v) is 6.58. The zero-order chi connectivity index (χ0) is 19.9. The molecule has 3 N–H and O–H groups in total. The number of hydrogen-bond acceptors (Lipinski definition) is 7. The Kier molecular flexibility index (Phi) is 6.38. The summed E-state index contributed by atoms with van der Waals surface area (Å²) in [7, 11) is 1.58. The van der Waals surface area contributed by atoms with Gasteiger partial charge in [-0.15, -0.1) is 10.2 Å². The van der Waals surface area contributed by atoms with Crippen LogP contribution in [0.1, 0.15) is 6.92 Å². The minimum atomic E-state index is -0.195. The predicted molar refractivity (Wildman–Crippen MR) is 109 cm³/mol. The SMILES string of the molecule is CCOc1ccccc1NC(=O)CSc1nnc(-c2ccccc2OC)n1N. The van der Waals surface area contributed by atoms with Crippen LogP contribution in [0.5, 0.6) is 11.5 Å². The highest BCUT2D eigenvalue weighted by Crippen LogP contribution is 2.29. The monoisotopic (exact) mass is 399 g/mol. The molecule has 0 aliphatic rings. The molecule has 0 unspecified atom stereocenters. The number of nitrogens with two attached hydrogens (primary N) is 1. The lowest BCUT2D eigenvalue weighted by Crippen LogP contribution is -2.17. The van der Waals surface area contributed by atoms with E-state index in [1.165, 1.54) is 16.4 Å². The van der Waals surface area contributed by atoms with E-state index in [2.05, 4.69) is 15.5 Å². The fourth-order valence-corrected chi connectivity index (χ4v) is 3.21. The number of nitrogens with one attached hydrogen (secondary N) is 1. The van der Waals surface area contributed by atoms with Crippen LogP contribution in [0.25, 0.3) is 11.4 Å². The number of benzene rings is 2. The summed E-state index contributed by atoms with van der Waals surface area (Å²) in [5, 5.41) is 11.5. The number of methoxy groups -OCH3 is 1. The van der Waals surface area contributed by atoms with E-state index in [4.69, 9.17) is 15.3 Å². The summed E-state index contributed by atoms with van der Waals surface area (Å²) < 4.78 is 12.2. The van der Waals surface area contributed by atoms with Crippen molar-refractivity contribution in [3.63, 3.8) is 0 Å². The standard InChI is InChI=1S/C19H21N5O3S/c1-3-27-16-11-7-5-9-14(16)21-17(25)12-28-19-23-22-18(24(19)20)13-8-4-6-10-15(13)26-2/h4-11H,3,12,20H2,1-2H3,(H,21,25). The van der Waals surface area contributed by atoms with Crippen LogP contribution in [-0.2, 0) is 4.79 Å². The van der Waals surface area contributed by atoms with E-state index in [0.29, 0.717) is 34.8 Å². The second kappa shape index (κ2) is 9.14. The average Bonchev–Trinajstić information content (AvgIpc) is 3.08. The van der Waals surface area contributed by atoms with Gasteiger partial charge in [-0.3, -0.25) is 4.79 Å². The van der Waals surface area contributed by atoms with Gasteiger partial charge in [-0.25, -0.2) is 4.68 Å². The van der Waals surface area contributed by atoms with Gasteiger partial charge in [-0.2, -0.15) is 0 Å². The van der Waals surface area contributed by atoms with Gasteiger partial charge in [0.1, 0.15) is 11.5 Å². The first kappa shape index (κ1) is 19.6. The fraction of sp³-hybridized carbons (Fsp3) is 0.211. The van der Waals surface area contributed by atoms with Gasteiger partial charge in [0.15, 0.2) is 5.82 Å². The van der Waals surface area contributed by atoms with Crippen molar-refractivity contribution in [3.8, 4) is 22.9 Å². The Morgan fingerprint density at radius 2 is 1.86 bits per heavy atom. The number of aromatic nitrogens is 3. The van der Waals surface area contributed by atoms with Gasteiger partial charge in [-0.1, -0.05) is 36.0 Å². The fourth-order valence-electron chi connectivity index (χ4n) is 2.56. The zero-order valence-electron chi connectivity index (χ0n) is 15.6. The number of nitrogen functional groups attached to an aromatic ring is 1. The number of amides is 1. The maximum absolute atomic E-state index is 12.3. The molecule has 0 saturated carbocycles. The van der Waals surface area contributed by atoms with Gasteiger partial charge in [0.25, 0.3) is 0 Å². The lowest BCUT2D eigenvalue weighted by Gasteiger charge is -2.11. The molecule has 1 heterocycles. The third kappa shape index (κ3) is 4.37. The van der Waals surface area contributed by atoms with Crippen molar-refractivity contribution in [1.29, 1.82) is 0 Å². The Bertz CT molecular complexity index is 960. The number of ether oxygens (including phenoxy) is 2. The van der Waals surface area contributed by atoms with Crippen LogP contribution in [0.15, 0.2) is 53.7 Å². The summed E-state index contributed by atoms with van der Waals surface area (Å²) in [5.41, 5.74) is 1.35. The number of carbonyl (C=O) groups is 1. The van der Waals surface area contributed by atoms with E-state index in [9.17, 15) is 4.79 Å². The molecule has 3 rings (SSSR count). The molecular weight excluding hydrogens is 378 g/mol. The topological polar surface area (TPSA) is 104 Å². The van der Waals surface area contributed by atoms with Gasteiger partial charge in [0, 0.05) is 0 Å². The number of carbonyl (C=O) groups excluding carboxylic acids is 1. The largest absolute Gasteiger partial charge is 0.496 e. The first-order valence-electron chi connectivity index (χ1n) is 8.62. The molecule has 1 aromatic heterocycles. The molecule has 8 nitrogen and oxygen atoms in total. The molecule has 28 heavy (non-hydrogen) atoms. The lowest BCUT2D eigenvalue weighted by atomic mass is 10.2. The lowest BCUT2D eigenvalue weighted by molar-refractivity contribution is -0.113. The summed E-state index contributed by atoms with van der Waals surface area (Å²) in [4.78, 5) is 12.3. The maximum atomic E-state index is 12.3. The van der Waals surface area contributed by atoms with Crippen LogP contribution in [0.3, 0.4) is 0 Å². The van der Waals surface area contributed by atoms with Crippen LogP contribution in [0.2, 0.25) is 0 Å². The van der Waals surface area contributed by atoms with Crippen LogP contribution >= 0.6 is 11.8 Å². The highest BCUT2D eigenvalue weighted by molar-refractivity contribution is 7.99. The first-order chi connectivity index (χ1) is 13.6. The summed E-state index contributed by atoms with van der Waals surface area (Å²) in [6.45, 7) is 2.41. The molecule has 3 aromatic rings. The summed E-state index contributed by atoms with van der Waals surface area (Å²) >= 11 is 1.19. The first-order valence-corrected chi connectivity index (χ1v) is 9.61. The number of hydrogen-bond donors (Lipinski definition) is 2. The normalized spacial score (nSPS) is 10.5. The molecule has 0 bridgehead atoms.